The molecule has 0 fully saturated rings. The van der Waals surface area contributed by atoms with E-state index in [1.807, 2.05) is 0 Å². The van der Waals surface area contributed by atoms with Crippen LogP contribution in [0, 0.1) is 0 Å². The molecule has 7 nitrogen and oxygen atoms in total. The zero-order valence-corrected chi connectivity index (χ0v) is 15.2. The van der Waals surface area contributed by atoms with Gasteiger partial charge in [-0.2, -0.15) is 0 Å². The van der Waals surface area contributed by atoms with Crippen molar-refractivity contribution in [1.82, 2.24) is 0 Å². The van der Waals surface area contributed by atoms with E-state index in [4.69, 9.17) is 20.8 Å². The van der Waals surface area contributed by atoms with Crippen molar-refractivity contribution in [2.24, 2.45) is 5.16 Å². The number of hydrogen-bond acceptors (Lipinski definition) is 6. The molecule has 138 valence electrons. The van der Waals surface area contributed by atoms with E-state index in [-0.39, 0.29) is 11.1 Å². The highest BCUT2D eigenvalue weighted by Gasteiger charge is 2.16. The Morgan fingerprint density at radius 3 is 2.63 bits per heavy atom. The van der Waals surface area contributed by atoms with Crippen LogP contribution < -0.4 is 15.6 Å². The summed E-state index contributed by atoms with van der Waals surface area (Å²) in [5, 5.41) is 7.33. The standard InChI is InChI=1S/C19H15ClN2O5/c1-11(23)27-22-19-13(18(24)21-15-8-4-3-7-14(15)20)10-12-6-5-9-16(25-2)17(12)26-19/h3-10H,1-2H3,(H,21,24). The highest BCUT2D eigenvalue weighted by atomic mass is 35.5. The van der Waals surface area contributed by atoms with Gasteiger partial charge in [-0.15, -0.1) is 0 Å². The summed E-state index contributed by atoms with van der Waals surface area (Å²) in [6, 6.07) is 13.6. The van der Waals surface area contributed by atoms with Gasteiger partial charge in [0, 0.05) is 12.3 Å². The minimum absolute atomic E-state index is 0.0666. The predicted octanol–water partition coefficient (Wildman–Crippen LogP) is 3.73. The summed E-state index contributed by atoms with van der Waals surface area (Å²) in [5.74, 6) is -0.727. The number of hydrogen-bond donors (Lipinski definition) is 1. The summed E-state index contributed by atoms with van der Waals surface area (Å²) in [5.41, 5.74) is 0.678. The second-order valence-corrected chi connectivity index (χ2v) is 5.86. The molecule has 0 aliphatic heterocycles. The molecule has 3 aromatic rings. The smallest absolute Gasteiger partial charge is 0.332 e. The van der Waals surface area contributed by atoms with Gasteiger partial charge in [-0.1, -0.05) is 35.9 Å². The summed E-state index contributed by atoms with van der Waals surface area (Å²) >= 11 is 6.09. The first kappa shape index (κ1) is 18.5. The lowest BCUT2D eigenvalue weighted by Crippen LogP contribution is -2.22. The Bertz CT molecular complexity index is 1090. The second-order valence-electron chi connectivity index (χ2n) is 5.45. The van der Waals surface area contributed by atoms with E-state index < -0.39 is 11.9 Å². The third-order valence-electron chi connectivity index (χ3n) is 3.58. The fourth-order valence-corrected chi connectivity index (χ4v) is 2.56. The van der Waals surface area contributed by atoms with Gasteiger partial charge in [-0.3, -0.25) is 4.79 Å². The molecule has 3 rings (SSSR count). The van der Waals surface area contributed by atoms with Gasteiger partial charge in [0.15, 0.2) is 11.3 Å². The van der Waals surface area contributed by atoms with Crippen molar-refractivity contribution in [2.75, 3.05) is 12.4 Å². The van der Waals surface area contributed by atoms with E-state index in [0.29, 0.717) is 27.4 Å². The van der Waals surface area contributed by atoms with Crippen LogP contribution in [0.15, 0.2) is 58.1 Å². The molecule has 0 spiro atoms. The average molecular weight is 387 g/mol. The zero-order chi connectivity index (χ0) is 19.4. The molecule has 0 bridgehead atoms. The topological polar surface area (TPSA) is 90.1 Å². The molecule has 2 aromatic carbocycles. The molecule has 0 aliphatic rings. The number of para-hydroxylation sites is 2. The van der Waals surface area contributed by atoms with E-state index in [9.17, 15) is 9.59 Å². The summed E-state index contributed by atoms with van der Waals surface area (Å²) < 4.78 is 11.0. The zero-order valence-electron chi connectivity index (χ0n) is 14.5. The van der Waals surface area contributed by atoms with Crippen molar-refractivity contribution >= 4 is 40.1 Å². The van der Waals surface area contributed by atoms with E-state index in [1.165, 1.54) is 14.0 Å². The van der Waals surface area contributed by atoms with Crippen molar-refractivity contribution in [2.45, 2.75) is 6.92 Å². The fraction of sp³-hybridized carbons (Fsp3) is 0.105. The lowest BCUT2D eigenvalue weighted by molar-refractivity contribution is -0.141. The first-order chi connectivity index (χ1) is 13.0. The van der Waals surface area contributed by atoms with Gasteiger partial charge >= 0.3 is 5.97 Å². The van der Waals surface area contributed by atoms with Crippen molar-refractivity contribution in [3.8, 4) is 5.75 Å². The maximum Gasteiger partial charge on any atom is 0.332 e. The minimum Gasteiger partial charge on any atom is -0.493 e. The molecule has 0 unspecified atom stereocenters. The number of amides is 1. The SMILES string of the molecule is COc1cccc2cc(C(=O)Nc3ccccc3Cl)c(=NOC(C)=O)oc12. The van der Waals surface area contributed by atoms with Crippen molar-refractivity contribution in [3.05, 3.63) is 64.7 Å². The Kier molecular flexibility index (Phi) is 5.42. The minimum atomic E-state index is -0.650. The number of anilines is 1. The van der Waals surface area contributed by atoms with Crippen LogP contribution in [0.25, 0.3) is 11.0 Å². The van der Waals surface area contributed by atoms with Gasteiger partial charge < -0.3 is 19.3 Å². The van der Waals surface area contributed by atoms with Crippen LogP contribution in [-0.2, 0) is 9.63 Å². The molecular formula is C19H15ClN2O5. The van der Waals surface area contributed by atoms with E-state index in [0.717, 1.165) is 0 Å². The maximum atomic E-state index is 12.8. The fourth-order valence-electron chi connectivity index (χ4n) is 2.37. The van der Waals surface area contributed by atoms with Gasteiger partial charge in [0.05, 0.1) is 17.8 Å². The van der Waals surface area contributed by atoms with E-state index in [1.54, 1.807) is 48.5 Å². The molecule has 1 N–H and O–H groups in total. The van der Waals surface area contributed by atoms with Crippen LogP contribution in [0.4, 0.5) is 5.69 Å². The summed E-state index contributed by atoms with van der Waals surface area (Å²) in [4.78, 5) is 28.5. The molecule has 0 aliphatic carbocycles. The first-order valence-electron chi connectivity index (χ1n) is 7.88. The Labute approximate surface area is 159 Å². The van der Waals surface area contributed by atoms with Gasteiger partial charge in [-0.05, 0) is 29.4 Å². The number of carbonyl (C=O) groups excluding carboxylic acids is 2. The van der Waals surface area contributed by atoms with E-state index in [2.05, 4.69) is 15.3 Å². The van der Waals surface area contributed by atoms with Crippen LogP contribution >= 0.6 is 11.6 Å². The first-order valence-corrected chi connectivity index (χ1v) is 8.25. The summed E-state index contributed by atoms with van der Waals surface area (Å²) in [7, 11) is 1.49. The third kappa shape index (κ3) is 4.09. The molecule has 1 heterocycles. The van der Waals surface area contributed by atoms with Gasteiger partial charge in [-0.25, -0.2) is 4.79 Å². The van der Waals surface area contributed by atoms with Crippen LogP contribution in [0.1, 0.15) is 17.3 Å². The Hall–Kier alpha value is -3.32. The van der Waals surface area contributed by atoms with Gasteiger partial charge in [0.1, 0.15) is 5.56 Å². The van der Waals surface area contributed by atoms with Crippen LogP contribution in [0.3, 0.4) is 0 Å². The molecule has 0 saturated heterocycles. The van der Waals surface area contributed by atoms with Gasteiger partial charge in [0.25, 0.3) is 11.5 Å². The van der Waals surface area contributed by atoms with Crippen LogP contribution in [0.2, 0.25) is 5.02 Å². The van der Waals surface area contributed by atoms with Crippen LogP contribution in [0.5, 0.6) is 5.75 Å². The van der Waals surface area contributed by atoms with Crippen molar-refractivity contribution < 1.29 is 23.6 Å². The number of nitrogens with zero attached hydrogens (tertiary/aromatic N) is 1. The molecule has 1 aromatic heterocycles. The lowest BCUT2D eigenvalue weighted by Gasteiger charge is -2.09. The molecule has 27 heavy (non-hydrogen) atoms. The van der Waals surface area contributed by atoms with Crippen molar-refractivity contribution in [1.29, 1.82) is 0 Å². The largest absolute Gasteiger partial charge is 0.493 e. The number of rotatable bonds is 4. The highest BCUT2D eigenvalue weighted by molar-refractivity contribution is 6.33. The second kappa shape index (κ2) is 7.92. The average Bonchev–Trinajstić information content (AvgIpc) is 2.66. The molecule has 0 saturated carbocycles. The maximum absolute atomic E-state index is 12.8. The molecular weight excluding hydrogens is 372 g/mol. The molecule has 8 heteroatoms. The highest BCUT2D eigenvalue weighted by Crippen LogP contribution is 2.25. The van der Waals surface area contributed by atoms with Crippen molar-refractivity contribution in [3.63, 3.8) is 0 Å². The van der Waals surface area contributed by atoms with E-state index >= 15 is 0 Å². The number of nitrogens with one attached hydrogen (secondary N) is 1. The Morgan fingerprint density at radius 1 is 1.15 bits per heavy atom. The predicted molar refractivity (Wildman–Crippen MR) is 99.5 cm³/mol. The number of ether oxygens (including phenoxy) is 1. The number of methoxy groups -OCH3 is 1. The number of benzene rings is 2. The Morgan fingerprint density at radius 2 is 1.93 bits per heavy atom. The van der Waals surface area contributed by atoms with Gasteiger partial charge in [0.2, 0.25) is 0 Å². The third-order valence-corrected chi connectivity index (χ3v) is 3.91. The summed E-state index contributed by atoms with van der Waals surface area (Å²) in [6.45, 7) is 1.19. The lowest BCUT2D eigenvalue weighted by atomic mass is 10.1. The summed E-state index contributed by atoms with van der Waals surface area (Å²) in [6.07, 6.45) is 0. The quantitative estimate of drug-likeness (QED) is 0.545. The van der Waals surface area contributed by atoms with Crippen LogP contribution in [-0.4, -0.2) is 19.0 Å². The normalized spacial score (nSPS) is 11.3. The molecule has 0 radical (unpaired) electrons. The molecule has 0 atom stereocenters. The monoisotopic (exact) mass is 386 g/mol. The Balaban J connectivity index is 2.13. The number of halogens is 1. The molecule has 1 amide bonds. The number of fused-ring (bicyclic) bond motifs is 1. The number of carbonyl (C=O) groups is 2.